The molecule has 0 aliphatic carbocycles. The molecule has 0 bridgehead atoms. The second kappa shape index (κ2) is 10.4. The van der Waals surface area contributed by atoms with E-state index < -0.39 is 5.54 Å². The molecule has 0 saturated heterocycles. The molecule has 2 heterocycles. The van der Waals surface area contributed by atoms with Crippen molar-refractivity contribution in [2.75, 3.05) is 5.32 Å². The third-order valence-electron chi connectivity index (χ3n) is 7.86. The Morgan fingerprint density at radius 1 is 0.732 bits per heavy atom. The molecule has 1 N–H and O–H groups in total. The van der Waals surface area contributed by atoms with Crippen LogP contribution in [0.25, 0.3) is 10.9 Å². The minimum Gasteiger partial charge on any atom is -0.316 e. The number of nitrogens with zero attached hydrogens (tertiary/aromatic N) is 3. The van der Waals surface area contributed by atoms with E-state index in [9.17, 15) is 4.79 Å². The summed E-state index contributed by atoms with van der Waals surface area (Å²) in [6.45, 7) is 1.06. The van der Waals surface area contributed by atoms with Crippen LogP contribution < -0.4 is 5.32 Å². The number of amides is 2. The van der Waals surface area contributed by atoms with Crippen LogP contribution in [0.5, 0.6) is 0 Å². The number of hydrogen-bond acceptors (Lipinski definition) is 2. The van der Waals surface area contributed by atoms with Crippen molar-refractivity contribution in [1.29, 1.82) is 0 Å². The van der Waals surface area contributed by atoms with Crippen molar-refractivity contribution in [1.82, 2.24) is 14.7 Å². The largest absolute Gasteiger partial charge is 0.322 e. The highest BCUT2D eigenvalue weighted by atomic mass is 79.9. The fraction of sp³-hybridized carbons (Fsp3) is 0.0857. The fourth-order valence-electron chi connectivity index (χ4n) is 5.98. The van der Waals surface area contributed by atoms with Gasteiger partial charge in [-0.15, -0.1) is 0 Å². The molecule has 6 aromatic rings. The molecule has 5 aromatic carbocycles. The summed E-state index contributed by atoms with van der Waals surface area (Å²) in [5.74, 6) is 0. The van der Waals surface area contributed by atoms with E-state index in [-0.39, 0.29) is 6.03 Å². The van der Waals surface area contributed by atoms with Gasteiger partial charge in [0, 0.05) is 24.2 Å². The van der Waals surface area contributed by atoms with Crippen LogP contribution in [-0.2, 0) is 18.6 Å². The van der Waals surface area contributed by atoms with E-state index in [1.165, 1.54) is 0 Å². The summed E-state index contributed by atoms with van der Waals surface area (Å²) in [5, 5.41) is 9.33. The average molecular weight is 600 g/mol. The number of aromatic nitrogens is 2. The van der Waals surface area contributed by atoms with Crippen molar-refractivity contribution in [3.05, 3.63) is 166 Å². The number of fused-ring (bicyclic) bond motifs is 2. The first-order chi connectivity index (χ1) is 20.1. The van der Waals surface area contributed by atoms with E-state index >= 15 is 0 Å². The van der Waals surface area contributed by atoms with Crippen LogP contribution in [0.4, 0.5) is 10.5 Å². The van der Waals surface area contributed by atoms with Crippen LogP contribution >= 0.6 is 15.9 Å². The number of hydrogen-bond donors (Lipinski definition) is 1. The van der Waals surface area contributed by atoms with Gasteiger partial charge in [0.1, 0.15) is 10.1 Å². The number of urea groups is 1. The monoisotopic (exact) mass is 598 g/mol. The van der Waals surface area contributed by atoms with Gasteiger partial charge >= 0.3 is 6.03 Å². The molecule has 41 heavy (non-hydrogen) atoms. The zero-order chi connectivity index (χ0) is 27.8. The van der Waals surface area contributed by atoms with Gasteiger partial charge in [-0.1, -0.05) is 121 Å². The Morgan fingerprint density at radius 3 is 1.78 bits per heavy atom. The number of carbonyl (C=O) groups excluding carboxylic acids is 1. The number of rotatable bonds is 6. The molecule has 0 radical (unpaired) electrons. The predicted molar refractivity (Wildman–Crippen MR) is 167 cm³/mol. The predicted octanol–water partition coefficient (Wildman–Crippen LogP) is 8.19. The minimum atomic E-state index is -0.764. The minimum absolute atomic E-state index is 0.105. The van der Waals surface area contributed by atoms with Gasteiger partial charge in [0.15, 0.2) is 0 Å². The Hall–Kier alpha value is -4.68. The summed E-state index contributed by atoms with van der Waals surface area (Å²) in [4.78, 5) is 15.1. The lowest BCUT2D eigenvalue weighted by Crippen LogP contribution is -2.39. The van der Waals surface area contributed by atoms with Gasteiger partial charge in [-0.25, -0.2) is 9.48 Å². The summed E-state index contributed by atoms with van der Waals surface area (Å²) in [6, 6.07) is 45.7. The summed E-state index contributed by atoms with van der Waals surface area (Å²) in [7, 11) is 0. The molecule has 0 fully saturated rings. The van der Waals surface area contributed by atoms with Crippen molar-refractivity contribution in [2.24, 2.45) is 0 Å². The van der Waals surface area contributed by atoms with Gasteiger partial charge in [-0.05, 0) is 55.9 Å². The molecule has 200 valence electrons. The van der Waals surface area contributed by atoms with Crippen LogP contribution in [-0.4, -0.2) is 20.7 Å². The number of halogens is 1. The third-order valence-corrected chi connectivity index (χ3v) is 8.44. The van der Waals surface area contributed by atoms with Crippen molar-refractivity contribution in [3.8, 4) is 0 Å². The second-order valence-electron chi connectivity index (χ2n) is 10.3. The topological polar surface area (TPSA) is 50.2 Å². The Balaban J connectivity index is 1.44. The maximum absolute atomic E-state index is 13.2. The Morgan fingerprint density at radius 2 is 1.24 bits per heavy atom. The first kappa shape index (κ1) is 25.3. The highest BCUT2D eigenvalue weighted by molar-refractivity contribution is 9.10. The van der Waals surface area contributed by atoms with E-state index in [0.717, 1.165) is 49.0 Å². The van der Waals surface area contributed by atoms with Gasteiger partial charge < -0.3 is 10.2 Å². The number of carbonyl (C=O) groups is 1. The number of benzene rings is 5. The average Bonchev–Trinajstić information content (AvgIpc) is 3.34. The SMILES string of the molecule is O=C1Nc2cc3c(cc2CN1Cc1ccccc1)c(Br)nn3C(c1ccccc1)(c1ccccc1)c1ccccc1. The van der Waals surface area contributed by atoms with E-state index in [2.05, 4.69) is 111 Å². The van der Waals surface area contributed by atoms with Crippen LogP contribution in [0, 0.1) is 0 Å². The van der Waals surface area contributed by atoms with Gasteiger partial charge in [-0.3, -0.25) is 0 Å². The Labute approximate surface area is 247 Å². The molecule has 0 unspecified atom stereocenters. The van der Waals surface area contributed by atoms with Crippen LogP contribution in [0.15, 0.2) is 138 Å². The van der Waals surface area contributed by atoms with Gasteiger partial charge in [0.25, 0.3) is 0 Å². The van der Waals surface area contributed by atoms with E-state index in [1.807, 2.05) is 53.4 Å². The fourth-order valence-corrected chi connectivity index (χ4v) is 6.46. The summed E-state index contributed by atoms with van der Waals surface area (Å²) in [5.41, 5.74) is 6.38. The molecule has 1 aliphatic heterocycles. The molecule has 0 atom stereocenters. The highest BCUT2D eigenvalue weighted by Gasteiger charge is 2.41. The van der Waals surface area contributed by atoms with Gasteiger partial charge in [-0.2, -0.15) is 5.10 Å². The molecule has 5 nitrogen and oxygen atoms in total. The van der Waals surface area contributed by atoms with Gasteiger partial charge in [0.05, 0.1) is 5.52 Å². The molecule has 6 heteroatoms. The van der Waals surface area contributed by atoms with Crippen molar-refractivity contribution >= 4 is 38.6 Å². The maximum atomic E-state index is 13.2. The zero-order valence-corrected chi connectivity index (χ0v) is 23.8. The van der Waals surface area contributed by atoms with Crippen molar-refractivity contribution in [3.63, 3.8) is 0 Å². The lowest BCUT2D eigenvalue weighted by molar-refractivity contribution is 0.204. The van der Waals surface area contributed by atoms with Gasteiger partial charge in [0.2, 0.25) is 0 Å². The third kappa shape index (κ3) is 4.32. The van der Waals surface area contributed by atoms with Crippen molar-refractivity contribution < 1.29 is 4.79 Å². The lowest BCUT2D eigenvalue weighted by Gasteiger charge is -2.37. The maximum Gasteiger partial charge on any atom is 0.322 e. The standard InChI is InChI=1S/C35H27BrN4O/c36-33-30-21-26-24-39(23-25-13-5-1-6-14-25)34(41)37-31(26)22-32(30)40(38-33)35(27-15-7-2-8-16-27,28-17-9-3-10-18-28)29-19-11-4-12-20-29/h1-22H,23-24H2,(H,37,41). The zero-order valence-electron chi connectivity index (χ0n) is 22.2. The van der Waals surface area contributed by atoms with Crippen LogP contribution in [0.1, 0.15) is 27.8 Å². The smallest absolute Gasteiger partial charge is 0.316 e. The summed E-state index contributed by atoms with van der Waals surface area (Å²) in [6.07, 6.45) is 0. The molecular formula is C35H27BrN4O. The molecule has 1 aliphatic rings. The Kier molecular flexibility index (Phi) is 6.40. The molecular weight excluding hydrogens is 572 g/mol. The summed E-state index contributed by atoms with van der Waals surface area (Å²) >= 11 is 3.80. The van der Waals surface area contributed by atoms with Crippen molar-refractivity contribution in [2.45, 2.75) is 18.6 Å². The van der Waals surface area contributed by atoms with Crippen LogP contribution in [0.2, 0.25) is 0 Å². The molecule has 0 saturated carbocycles. The van der Waals surface area contributed by atoms with E-state index in [0.29, 0.717) is 13.1 Å². The normalized spacial score (nSPS) is 13.2. The first-order valence-electron chi connectivity index (χ1n) is 13.6. The van der Waals surface area contributed by atoms with E-state index in [1.54, 1.807) is 0 Å². The van der Waals surface area contributed by atoms with Crippen LogP contribution in [0.3, 0.4) is 0 Å². The Bertz CT molecular complexity index is 1740. The van der Waals surface area contributed by atoms with E-state index in [4.69, 9.17) is 5.10 Å². The number of nitrogens with one attached hydrogen (secondary N) is 1. The second-order valence-corrected chi connectivity index (χ2v) is 11.1. The molecule has 0 spiro atoms. The summed E-state index contributed by atoms with van der Waals surface area (Å²) < 4.78 is 2.86. The first-order valence-corrected chi connectivity index (χ1v) is 14.4. The quantitative estimate of drug-likeness (QED) is 0.196. The molecule has 7 rings (SSSR count). The molecule has 1 aromatic heterocycles. The lowest BCUT2D eigenvalue weighted by atomic mass is 9.77. The number of anilines is 1. The highest BCUT2D eigenvalue weighted by Crippen LogP contribution is 2.44. The molecule has 2 amide bonds.